The van der Waals surface area contributed by atoms with E-state index in [1.807, 2.05) is 23.2 Å². The van der Waals surface area contributed by atoms with E-state index in [-0.39, 0.29) is 0 Å². The predicted molar refractivity (Wildman–Crippen MR) is 60.5 cm³/mol. The number of halogens is 1. The Morgan fingerprint density at radius 2 is 1.75 bits per heavy atom. The molecular weight excluding hydrogens is 212 g/mol. The lowest BCUT2D eigenvalue weighted by molar-refractivity contribution is 0.729. The normalized spacial score (nSPS) is 12.5. The van der Waals surface area contributed by atoms with Crippen molar-refractivity contribution in [3.8, 4) is 0 Å². The molecule has 0 atom stereocenters. The van der Waals surface area contributed by atoms with E-state index in [9.17, 15) is 0 Å². The first-order valence-electron chi connectivity index (χ1n) is 4.50. The maximum absolute atomic E-state index is 3.20. The molecule has 1 heteroatoms. The van der Waals surface area contributed by atoms with Crippen LogP contribution in [0.25, 0.3) is 0 Å². The lowest BCUT2D eigenvalue weighted by atomic mass is 10.2. The van der Waals surface area contributed by atoms with Crippen LogP contribution in [-0.2, 0) is 0 Å². The third-order valence-corrected chi connectivity index (χ3v) is 1.82. The molecular formula is C11H17Br. The van der Waals surface area contributed by atoms with Crippen LogP contribution in [0, 0.1) is 0 Å². The second-order valence-electron chi connectivity index (χ2n) is 2.63. The molecule has 0 bridgehead atoms. The summed E-state index contributed by atoms with van der Waals surface area (Å²) >= 11 is 3.20. The molecule has 0 heterocycles. The molecule has 0 nitrogen and oxygen atoms in total. The van der Waals surface area contributed by atoms with Gasteiger partial charge in [0, 0.05) is 0 Å². The zero-order chi connectivity index (χ0) is 9.07. The molecule has 0 spiro atoms. The van der Waals surface area contributed by atoms with Gasteiger partial charge in [0.05, 0.1) is 0 Å². The Bertz CT molecular complexity index is 154. The Hall–Kier alpha value is -0.300. The third kappa shape index (κ3) is 9.70. The molecule has 0 aliphatic rings. The maximum Gasteiger partial charge on any atom is -0.0189 e. The summed E-state index contributed by atoms with van der Waals surface area (Å²) in [6.45, 7) is 2.23. The fourth-order valence-electron chi connectivity index (χ4n) is 0.857. The van der Waals surface area contributed by atoms with Crippen LogP contribution < -0.4 is 0 Å². The van der Waals surface area contributed by atoms with Gasteiger partial charge in [0.25, 0.3) is 0 Å². The number of unbranched alkanes of at least 4 members (excludes halogenated alkanes) is 3. The van der Waals surface area contributed by atoms with Gasteiger partial charge in [-0.15, -0.1) is 0 Å². The van der Waals surface area contributed by atoms with Crippen LogP contribution in [0.15, 0.2) is 35.4 Å². The lowest BCUT2D eigenvalue weighted by Gasteiger charge is -1.89. The molecule has 12 heavy (non-hydrogen) atoms. The molecule has 0 saturated carbocycles. The molecule has 0 amide bonds. The third-order valence-electron chi connectivity index (χ3n) is 1.52. The molecule has 0 rings (SSSR count). The van der Waals surface area contributed by atoms with Crippen LogP contribution >= 0.6 is 15.9 Å². The molecule has 0 unspecified atom stereocenters. The highest BCUT2D eigenvalue weighted by molar-refractivity contribution is 9.11. The molecule has 68 valence electrons. The molecule has 0 saturated heterocycles. The Morgan fingerprint density at radius 1 is 1.00 bits per heavy atom. The smallest absolute Gasteiger partial charge is 0.0189 e. The van der Waals surface area contributed by atoms with Gasteiger partial charge in [-0.05, 0) is 17.8 Å². The Labute approximate surface area is 84.2 Å². The van der Waals surface area contributed by atoms with E-state index >= 15 is 0 Å². The van der Waals surface area contributed by atoms with Crippen LogP contribution in [0.1, 0.15) is 32.6 Å². The van der Waals surface area contributed by atoms with Crippen molar-refractivity contribution in [3.63, 3.8) is 0 Å². The fourth-order valence-corrected chi connectivity index (χ4v) is 1.03. The second-order valence-corrected chi connectivity index (χ2v) is 3.16. The highest BCUT2D eigenvalue weighted by atomic mass is 79.9. The van der Waals surface area contributed by atoms with Crippen LogP contribution in [0.2, 0.25) is 0 Å². The van der Waals surface area contributed by atoms with E-state index in [4.69, 9.17) is 0 Å². The van der Waals surface area contributed by atoms with Crippen molar-refractivity contribution in [2.75, 3.05) is 0 Å². The first kappa shape index (κ1) is 11.7. The summed E-state index contributed by atoms with van der Waals surface area (Å²) in [4.78, 5) is 1.84. The van der Waals surface area contributed by atoms with Crippen molar-refractivity contribution in [1.82, 2.24) is 0 Å². The Kier molecular flexibility index (Phi) is 10.4. The first-order valence-corrected chi connectivity index (χ1v) is 5.42. The minimum Gasteiger partial charge on any atom is -0.0845 e. The number of rotatable bonds is 6. The molecule has 0 aliphatic heterocycles. The first-order chi connectivity index (χ1) is 5.91. The summed E-state index contributed by atoms with van der Waals surface area (Å²) in [5.74, 6) is 0. The minimum absolute atomic E-state index is 1.20. The van der Waals surface area contributed by atoms with Crippen molar-refractivity contribution in [2.45, 2.75) is 32.6 Å². The molecule has 0 N–H and O–H groups in total. The number of allylic oxidation sites excluding steroid dienone is 5. The Morgan fingerprint density at radius 3 is 2.42 bits per heavy atom. The van der Waals surface area contributed by atoms with Crippen LogP contribution in [0.5, 0.6) is 0 Å². The zero-order valence-electron chi connectivity index (χ0n) is 7.67. The quantitative estimate of drug-likeness (QED) is 0.461. The van der Waals surface area contributed by atoms with Crippen LogP contribution in [0.4, 0.5) is 0 Å². The van der Waals surface area contributed by atoms with Crippen molar-refractivity contribution < 1.29 is 0 Å². The summed E-state index contributed by atoms with van der Waals surface area (Å²) in [7, 11) is 0. The molecule has 0 aromatic rings. The van der Waals surface area contributed by atoms with Crippen LogP contribution in [-0.4, -0.2) is 0 Å². The number of hydrogen-bond donors (Lipinski definition) is 0. The van der Waals surface area contributed by atoms with Crippen molar-refractivity contribution in [2.24, 2.45) is 0 Å². The van der Waals surface area contributed by atoms with E-state index in [2.05, 4.69) is 35.0 Å². The summed E-state index contributed by atoms with van der Waals surface area (Å²) < 4.78 is 0. The molecule has 0 aromatic heterocycles. The van der Waals surface area contributed by atoms with Gasteiger partial charge < -0.3 is 0 Å². The SMILES string of the molecule is CCCCC\C=C/C=C/C=C\Br. The molecule has 0 aliphatic carbocycles. The lowest BCUT2D eigenvalue weighted by Crippen LogP contribution is -1.69. The van der Waals surface area contributed by atoms with E-state index < -0.39 is 0 Å². The van der Waals surface area contributed by atoms with Crippen LogP contribution in [0.3, 0.4) is 0 Å². The van der Waals surface area contributed by atoms with Crippen molar-refractivity contribution in [1.29, 1.82) is 0 Å². The zero-order valence-corrected chi connectivity index (χ0v) is 9.26. The summed E-state index contributed by atoms with van der Waals surface area (Å²) in [5, 5.41) is 0. The average molecular weight is 229 g/mol. The molecule has 0 fully saturated rings. The molecule has 0 aromatic carbocycles. The van der Waals surface area contributed by atoms with Crippen molar-refractivity contribution in [3.05, 3.63) is 35.4 Å². The van der Waals surface area contributed by atoms with Crippen molar-refractivity contribution >= 4 is 15.9 Å². The largest absolute Gasteiger partial charge is 0.0845 e. The maximum atomic E-state index is 3.20. The number of hydrogen-bond acceptors (Lipinski definition) is 0. The van der Waals surface area contributed by atoms with E-state index in [0.29, 0.717) is 0 Å². The van der Waals surface area contributed by atoms with Gasteiger partial charge in [-0.3, -0.25) is 0 Å². The summed E-state index contributed by atoms with van der Waals surface area (Å²) in [6.07, 6.45) is 15.5. The summed E-state index contributed by atoms with van der Waals surface area (Å²) in [6, 6.07) is 0. The van der Waals surface area contributed by atoms with E-state index in [1.165, 1.54) is 25.7 Å². The molecule has 0 radical (unpaired) electrons. The van der Waals surface area contributed by atoms with Gasteiger partial charge in [0.15, 0.2) is 0 Å². The van der Waals surface area contributed by atoms with Gasteiger partial charge in [0.1, 0.15) is 0 Å². The standard InChI is InChI=1S/C11H17Br/c1-2-3-4-5-6-7-8-9-10-11-12/h6-11H,2-5H2,1H3/b7-6-,9-8+,11-10-. The second kappa shape index (κ2) is 10.7. The van der Waals surface area contributed by atoms with E-state index in [1.54, 1.807) is 0 Å². The van der Waals surface area contributed by atoms with Gasteiger partial charge in [-0.25, -0.2) is 0 Å². The van der Waals surface area contributed by atoms with Gasteiger partial charge in [0.2, 0.25) is 0 Å². The topological polar surface area (TPSA) is 0 Å². The summed E-state index contributed by atoms with van der Waals surface area (Å²) in [5.41, 5.74) is 0. The minimum atomic E-state index is 1.20. The predicted octanol–water partition coefficient (Wildman–Crippen LogP) is 4.59. The highest BCUT2D eigenvalue weighted by Crippen LogP contribution is 1.99. The van der Waals surface area contributed by atoms with Gasteiger partial charge in [-0.1, -0.05) is 66.1 Å². The highest BCUT2D eigenvalue weighted by Gasteiger charge is 1.79. The van der Waals surface area contributed by atoms with E-state index in [0.717, 1.165) is 0 Å². The van der Waals surface area contributed by atoms with Gasteiger partial charge >= 0.3 is 0 Å². The average Bonchev–Trinajstić information content (AvgIpc) is 2.10. The fraction of sp³-hybridized carbons (Fsp3) is 0.455. The van der Waals surface area contributed by atoms with Gasteiger partial charge in [-0.2, -0.15) is 0 Å². The Balaban J connectivity index is 3.24. The monoisotopic (exact) mass is 228 g/mol.